The van der Waals surface area contributed by atoms with E-state index in [0.29, 0.717) is 11.3 Å². The lowest BCUT2D eigenvalue weighted by molar-refractivity contribution is -0.0713. The number of hydrogen-bond acceptors (Lipinski definition) is 3. The second kappa shape index (κ2) is 7.74. The fraction of sp³-hybridized carbons (Fsp3) is 0.741. The first kappa shape index (κ1) is 20.7. The van der Waals surface area contributed by atoms with Crippen molar-refractivity contribution in [2.45, 2.75) is 90.3 Å². The summed E-state index contributed by atoms with van der Waals surface area (Å²) < 4.78 is 0. The Balaban J connectivity index is 1.31. The lowest BCUT2D eigenvalue weighted by Crippen LogP contribution is -2.51. The van der Waals surface area contributed by atoms with Crippen LogP contribution < -0.4 is 0 Å². The highest BCUT2D eigenvalue weighted by Gasteiger charge is 2.59. The molecular formula is C27H39NO2. The van der Waals surface area contributed by atoms with Gasteiger partial charge in [-0.05, 0) is 111 Å². The van der Waals surface area contributed by atoms with E-state index in [2.05, 4.69) is 31.0 Å². The van der Waals surface area contributed by atoms with E-state index in [1.165, 1.54) is 32.1 Å². The van der Waals surface area contributed by atoms with Crippen LogP contribution in [0.1, 0.15) is 77.3 Å². The summed E-state index contributed by atoms with van der Waals surface area (Å²) in [6, 6.07) is 6.07. The molecule has 0 aromatic carbocycles. The minimum atomic E-state index is -0.214. The third-order valence-corrected chi connectivity index (χ3v) is 10.0. The van der Waals surface area contributed by atoms with Crippen LogP contribution in [0.4, 0.5) is 0 Å². The maximum atomic E-state index is 11.2. The summed E-state index contributed by atoms with van der Waals surface area (Å²) in [6.07, 6.45) is 15.0. The zero-order valence-electron chi connectivity index (χ0n) is 18.8. The average molecular weight is 410 g/mol. The van der Waals surface area contributed by atoms with Gasteiger partial charge < -0.3 is 10.2 Å². The van der Waals surface area contributed by atoms with Crippen LogP contribution in [0.3, 0.4) is 0 Å². The van der Waals surface area contributed by atoms with Crippen molar-refractivity contribution in [2.75, 3.05) is 0 Å². The number of aliphatic hydroxyl groups is 2. The van der Waals surface area contributed by atoms with Gasteiger partial charge in [0.25, 0.3) is 0 Å². The lowest BCUT2D eigenvalue weighted by Gasteiger charge is -2.58. The van der Waals surface area contributed by atoms with E-state index in [4.69, 9.17) is 0 Å². The maximum absolute atomic E-state index is 11.2. The highest BCUT2D eigenvalue weighted by atomic mass is 16.3. The van der Waals surface area contributed by atoms with Gasteiger partial charge in [-0.1, -0.05) is 31.6 Å². The zero-order chi connectivity index (χ0) is 20.9. The van der Waals surface area contributed by atoms with Gasteiger partial charge in [0.05, 0.1) is 12.2 Å². The van der Waals surface area contributed by atoms with Crippen molar-refractivity contribution in [3.63, 3.8) is 0 Å². The molecule has 4 aliphatic carbocycles. The van der Waals surface area contributed by atoms with Crippen molar-refractivity contribution in [3.8, 4) is 0 Å². The summed E-state index contributed by atoms with van der Waals surface area (Å²) in [6.45, 7) is 5.00. The molecule has 8 atom stereocenters. The Morgan fingerprint density at radius 1 is 1.10 bits per heavy atom. The van der Waals surface area contributed by atoms with Gasteiger partial charge in [-0.2, -0.15) is 0 Å². The van der Waals surface area contributed by atoms with Gasteiger partial charge in [-0.3, -0.25) is 4.98 Å². The first-order chi connectivity index (χ1) is 14.4. The number of allylic oxidation sites excluding steroid dienone is 1. The molecular weight excluding hydrogens is 370 g/mol. The molecule has 0 spiro atoms. The molecule has 0 aliphatic heterocycles. The molecule has 0 bridgehead atoms. The summed E-state index contributed by atoms with van der Waals surface area (Å²) in [5, 5.41) is 21.4. The summed E-state index contributed by atoms with van der Waals surface area (Å²) in [4.78, 5) is 4.45. The van der Waals surface area contributed by atoms with Gasteiger partial charge >= 0.3 is 0 Å². The summed E-state index contributed by atoms with van der Waals surface area (Å²) >= 11 is 0. The topological polar surface area (TPSA) is 53.4 Å². The molecule has 1 aromatic heterocycles. The van der Waals surface area contributed by atoms with Crippen molar-refractivity contribution in [1.29, 1.82) is 0 Å². The monoisotopic (exact) mass is 409 g/mol. The van der Waals surface area contributed by atoms with Gasteiger partial charge in [0.1, 0.15) is 0 Å². The summed E-state index contributed by atoms with van der Waals surface area (Å²) in [5.74, 6) is 2.71. The number of aromatic nitrogens is 1. The molecule has 0 saturated heterocycles. The summed E-state index contributed by atoms with van der Waals surface area (Å²) in [7, 11) is 0. The van der Waals surface area contributed by atoms with Gasteiger partial charge in [-0.15, -0.1) is 0 Å². The third kappa shape index (κ3) is 3.28. The van der Waals surface area contributed by atoms with Crippen molar-refractivity contribution >= 4 is 0 Å². The van der Waals surface area contributed by atoms with Crippen LogP contribution in [0.25, 0.3) is 0 Å². The van der Waals surface area contributed by atoms with Crippen LogP contribution in [-0.2, 0) is 6.42 Å². The van der Waals surface area contributed by atoms with E-state index >= 15 is 0 Å². The van der Waals surface area contributed by atoms with Gasteiger partial charge in [0.15, 0.2) is 0 Å². The molecule has 3 fully saturated rings. The Labute approximate surface area is 182 Å². The smallest absolute Gasteiger partial charge is 0.0577 e. The van der Waals surface area contributed by atoms with E-state index in [-0.39, 0.29) is 17.6 Å². The number of aryl methyl sites for hydroxylation is 1. The van der Waals surface area contributed by atoms with Crippen LogP contribution in [0.5, 0.6) is 0 Å². The predicted octanol–water partition coefficient (Wildman–Crippen LogP) is 5.32. The van der Waals surface area contributed by atoms with E-state index < -0.39 is 0 Å². The van der Waals surface area contributed by atoms with Crippen molar-refractivity contribution < 1.29 is 10.2 Å². The second-order valence-corrected chi connectivity index (χ2v) is 11.3. The predicted molar refractivity (Wildman–Crippen MR) is 120 cm³/mol. The molecule has 3 heteroatoms. The number of fused-ring (bicyclic) bond motifs is 5. The second-order valence-electron chi connectivity index (χ2n) is 11.3. The fourth-order valence-corrected chi connectivity index (χ4v) is 8.36. The van der Waals surface area contributed by atoms with Gasteiger partial charge in [-0.25, -0.2) is 0 Å². The molecule has 1 heterocycles. The van der Waals surface area contributed by atoms with Crippen molar-refractivity contribution in [1.82, 2.24) is 4.98 Å². The normalized spacial score (nSPS) is 43.9. The standard InChI is InChI=1S/C27H39NO2/c1-26-14-12-20(29)17-18(26)6-8-21-22-9-10-24(27(22,2)15-13-23(21)26)25(30)11-7-19-5-3-4-16-28-19/h3-6,16,20-25,29-30H,7-15,17H2,1-2H3/t20-,21-,22-,23-,24+,25+,26-,27-/m0/s1. The van der Waals surface area contributed by atoms with E-state index in [9.17, 15) is 10.2 Å². The van der Waals surface area contributed by atoms with E-state index in [1.54, 1.807) is 5.57 Å². The number of pyridine rings is 1. The SMILES string of the molecule is C[C@]12CC[C@H]3[C@@H](CC=C4C[C@@H](O)CC[C@@]43C)[C@@H]1CC[C@@H]2[C@H](O)CCc1ccccn1. The minimum absolute atomic E-state index is 0.125. The Hall–Kier alpha value is -1.19. The van der Waals surface area contributed by atoms with E-state index in [0.717, 1.165) is 55.6 Å². The molecule has 164 valence electrons. The molecule has 1 aromatic rings. The van der Waals surface area contributed by atoms with Crippen molar-refractivity contribution in [2.24, 2.45) is 34.5 Å². The van der Waals surface area contributed by atoms with Crippen LogP contribution in [0, 0.1) is 34.5 Å². The molecule has 4 aliphatic rings. The highest BCUT2D eigenvalue weighted by molar-refractivity contribution is 5.25. The van der Waals surface area contributed by atoms with E-state index in [1.807, 2.05) is 18.3 Å². The first-order valence-corrected chi connectivity index (χ1v) is 12.4. The van der Waals surface area contributed by atoms with Gasteiger partial charge in [0.2, 0.25) is 0 Å². The number of nitrogens with zero attached hydrogens (tertiary/aromatic N) is 1. The van der Waals surface area contributed by atoms with Crippen LogP contribution in [-0.4, -0.2) is 27.4 Å². The summed E-state index contributed by atoms with van der Waals surface area (Å²) in [5.41, 5.74) is 3.23. The number of aliphatic hydroxyl groups excluding tert-OH is 2. The van der Waals surface area contributed by atoms with Crippen molar-refractivity contribution in [3.05, 3.63) is 41.7 Å². The first-order valence-electron chi connectivity index (χ1n) is 12.4. The highest BCUT2D eigenvalue weighted by Crippen LogP contribution is 2.66. The quantitative estimate of drug-likeness (QED) is 0.662. The Morgan fingerprint density at radius 3 is 2.77 bits per heavy atom. The largest absolute Gasteiger partial charge is 0.393 e. The molecule has 3 saturated carbocycles. The molecule has 0 unspecified atom stereocenters. The molecule has 2 N–H and O–H groups in total. The van der Waals surface area contributed by atoms with Crippen LogP contribution in [0.2, 0.25) is 0 Å². The average Bonchev–Trinajstić information content (AvgIpc) is 3.10. The maximum Gasteiger partial charge on any atom is 0.0577 e. The molecule has 5 rings (SSSR count). The fourth-order valence-electron chi connectivity index (χ4n) is 8.36. The Morgan fingerprint density at radius 2 is 1.97 bits per heavy atom. The molecule has 0 radical (unpaired) electrons. The molecule has 0 amide bonds. The number of rotatable bonds is 4. The number of hydrogen-bond donors (Lipinski definition) is 2. The lowest BCUT2D eigenvalue weighted by atomic mass is 9.47. The molecule has 3 nitrogen and oxygen atoms in total. The zero-order valence-corrected chi connectivity index (χ0v) is 18.8. The Kier molecular flexibility index (Phi) is 5.34. The Bertz CT molecular complexity index is 791. The third-order valence-electron chi connectivity index (χ3n) is 10.0. The van der Waals surface area contributed by atoms with Crippen LogP contribution >= 0.6 is 0 Å². The minimum Gasteiger partial charge on any atom is -0.393 e. The molecule has 30 heavy (non-hydrogen) atoms. The van der Waals surface area contributed by atoms with Crippen LogP contribution in [0.15, 0.2) is 36.0 Å². The van der Waals surface area contributed by atoms with Gasteiger partial charge in [0, 0.05) is 11.9 Å².